The Kier molecular flexibility index (Phi) is 8.70. The summed E-state index contributed by atoms with van der Waals surface area (Å²) in [5, 5.41) is 2.96. The third-order valence-electron chi connectivity index (χ3n) is 5.38. The van der Waals surface area contributed by atoms with Crippen LogP contribution in [0.2, 0.25) is 0 Å². The maximum absolute atomic E-state index is 13.4. The van der Waals surface area contributed by atoms with Crippen molar-refractivity contribution in [3.05, 3.63) is 89.9 Å². The van der Waals surface area contributed by atoms with Crippen LogP contribution in [0.4, 0.5) is 10.5 Å². The molecule has 6 nitrogen and oxygen atoms in total. The number of hydrogen-bond donors (Lipinski definition) is 1. The minimum Gasteiger partial charge on any atom is -0.467 e. The highest BCUT2D eigenvalue weighted by Gasteiger charge is 2.23. The van der Waals surface area contributed by atoms with Crippen molar-refractivity contribution in [1.82, 2.24) is 9.80 Å². The van der Waals surface area contributed by atoms with Gasteiger partial charge in [0.2, 0.25) is 5.91 Å². The van der Waals surface area contributed by atoms with Gasteiger partial charge >= 0.3 is 6.03 Å². The molecule has 3 rings (SSSR count). The van der Waals surface area contributed by atoms with Gasteiger partial charge in [0.15, 0.2) is 0 Å². The second kappa shape index (κ2) is 11.9. The van der Waals surface area contributed by atoms with E-state index < -0.39 is 0 Å². The van der Waals surface area contributed by atoms with E-state index in [9.17, 15) is 9.59 Å². The first-order valence-electron chi connectivity index (χ1n) is 11.4. The van der Waals surface area contributed by atoms with Gasteiger partial charge in [-0.1, -0.05) is 62.4 Å². The maximum atomic E-state index is 13.4. The van der Waals surface area contributed by atoms with E-state index >= 15 is 0 Å². The summed E-state index contributed by atoms with van der Waals surface area (Å²) in [4.78, 5) is 29.8. The van der Waals surface area contributed by atoms with Crippen molar-refractivity contribution in [2.45, 2.75) is 33.7 Å². The number of furan rings is 1. The van der Waals surface area contributed by atoms with Crippen molar-refractivity contribution in [3.8, 4) is 0 Å². The SMILES string of the molecule is Cc1ccccc1NC(=O)N(CC(=O)N(CCc1ccccc1)Cc1ccco1)CC(C)C. The number of nitrogens with one attached hydrogen (secondary N) is 1. The van der Waals surface area contributed by atoms with Gasteiger partial charge in [0.05, 0.1) is 12.8 Å². The Morgan fingerprint density at radius 1 is 0.939 bits per heavy atom. The second-order valence-corrected chi connectivity index (χ2v) is 8.65. The zero-order chi connectivity index (χ0) is 23.6. The van der Waals surface area contributed by atoms with Crippen LogP contribution in [0.3, 0.4) is 0 Å². The van der Waals surface area contributed by atoms with Gasteiger partial charge in [0.25, 0.3) is 0 Å². The van der Waals surface area contributed by atoms with Crippen molar-refractivity contribution in [2.75, 3.05) is 25.0 Å². The predicted octanol–water partition coefficient (Wildman–Crippen LogP) is 5.35. The molecule has 3 aromatic rings. The monoisotopic (exact) mass is 447 g/mol. The smallest absolute Gasteiger partial charge is 0.322 e. The standard InChI is InChI=1S/C27H33N3O3/c1-21(2)18-30(27(32)28-25-14-8-7-10-22(25)3)20-26(31)29(19-24-13-9-17-33-24)16-15-23-11-5-4-6-12-23/h4-14,17,21H,15-16,18-20H2,1-3H3,(H,28,32). The molecule has 0 saturated carbocycles. The van der Waals surface area contributed by atoms with E-state index in [2.05, 4.69) is 17.4 Å². The third-order valence-corrected chi connectivity index (χ3v) is 5.38. The number of aryl methyl sites for hydroxylation is 1. The quantitative estimate of drug-likeness (QED) is 0.456. The van der Waals surface area contributed by atoms with Gasteiger partial charge in [-0.25, -0.2) is 4.79 Å². The summed E-state index contributed by atoms with van der Waals surface area (Å²) in [5.74, 6) is 0.836. The summed E-state index contributed by atoms with van der Waals surface area (Å²) >= 11 is 0. The summed E-state index contributed by atoms with van der Waals surface area (Å²) in [6.45, 7) is 7.42. The second-order valence-electron chi connectivity index (χ2n) is 8.65. The molecular weight excluding hydrogens is 414 g/mol. The minimum absolute atomic E-state index is 0.00535. The fourth-order valence-corrected chi connectivity index (χ4v) is 3.62. The molecule has 1 N–H and O–H groups in total. The van der Waals surface area contributed by atoms with Gasteiger partial charge in [-0.15, -0.1) is 0 Å². The number of carbonyl (C=O) groups excluding carboxylic acids is 2. The van der Waals surface area contributed by atoms with Crippen LogP contribution >= 0.6 is 0 Å². The van der Waals surface area contributed by atoms with Crippen LogP contribution in [0.25, 0.3) is 0 Å². The van der Waals surface area contributed by atoms with Crippen LogP contribution in [-0.2, 0) is 17.8 Å². The highest BCUT2D eigenvalue weighted by atomic mass is 16.3. The van der Waals surface area contributed by atoms with Crippen molar-refractivity contribution in [2.24, 2.45) is 5.92 Å². The van der Waals surface area contributed by atoms with Gasteiger partial charge in [0, 0.05) is 18.8 Å². The van der Waals surface area contributed by atoms with Crippen LogP contribution in [-0.4, -0.2) is 41.4 Å². The maximum Gasteiger partial charge on any atom is 0.322 e. The van der Waals surface area contributed by atoms with Crippen LogP contribution in [0, 0.1) is 12.8 Å². The number of rotatable bonds is 10. The van der Waals surface area contributed by atoms with Crippen LogP contribution in [0.1, 0.15) is 30.7 Å². The molecule has 0 bridgehead atoms. The number of carbonyl (C=O) groups is 2. The molecule has 33 heavy (non-hydrogen) atoms. The third kappa shape index (κ3) is 7.52. The number of anilines is 1. The summed E-state index contributed by atoms with van der Waals surface area (Å²) < 4.78 is 5.49. The van der Waals surface area contributed by atoms with Gasteiger partial charge in [-0.2, -0.15) is 0 Å². The van der Waals surface area contributed by atoms with Gasteiger partial charge in [-0.3, -0.25) is 4.79 Å². The highest BCUT2D eigenvalue weighted by molar-refractivity contribution is 5.93. The molecular formula is C27H33N3O3. The predicted molar refractivity (Wildman–Crippen MR) is 131 cm³/mol. The van der Waals surface area contributed by atoms with E-state index in [4.69, 9.17) is 4.42 Å². The van der Waals surface area contributed by atoms with Crippen molar-refractivity contribution < 1.29 is 14.0 Å². The van der Waals surface area contributed by atoms with E-state index in [1.54, 1.807) is 16.1 Å². The zero-order valence-electron chi connectivity index (χ0n) is 19.7. The number of benzene rings is 2. The molecule has 174 valence electrons. The lowest BCUT2D eigenvalue weighted by Crippen LogP contribution is -2.46. The molecule has 0 radical (unpaired) electrons. The van der Waals surface area contributed by atoms with Crippen molar-refractivity contribution in [1.29, 1.82) is 0 Å². The fourth-order valence-electron chi connectivity index (χ4n) is 3.62. The van der Waals surface area contributed by atoms with Crippen LogP contribution < -0.4 is 5.32 Å². The number of urea groups is 1. The van der Waals surface area contributed by atoms with E-state index in [0.29, 0.717) is 19.6 Å². The molecule has 6 heteroatoms. The molecule has 0 aliphatic rings. The molecule has 0 aliphatic carbocycles. The first-order valence-corrected chi connectivity index (χ1v) is 11.4. The lowest BCUT2D eigenvalue weighted by atomic mass is 10.1. The lowest BCUT2D eigenvalue weighted by Gasteiger charge is -2.28. The van der Waals surface area contributed by atoms with Gasteiger partial charge < -0.3 is 19.5 Å². The average molecular weight is 448 g/mol. The fraction of sp³-hybridized carbons (Fsp3) is 0.333. The average Bonchev–Trinajstić information content (AvgIpc) is 3.31. The molecule has 1 aromatic heterocycles. The zero-order valence-corrected chi connectivity index (χ0v) is 19.7. The Hall–Kier alpha value is -3.54. The molecule has 0 aliphatic heterocycles. The Balaban J connectivity index is 1.72. The molecule has 3 amide bonds. The van der Waals surface area contributed by atoms with Gasteiger partial charge in [0.1, 0.15) is 12.3 Å². The van der Waals surface area contributed by atoms with Crippen LogP contribution in [0.15, 0.2) is 77.4 Å². The topological polar surface area (TPSA) is 65.8 Å². The number of hydrogen-bond acceptors (Lipinski definition) is 3. The highest BCUT2D eigenvalue weighted by Crippen LogP contribution is 2.15. The molecule has 1 heterocycles. The largest absolute Gasteiger partial charge is 0.467 e. The molecule has 2 aromatic carbocycles. The van der Waals surface area contributed by atoms with E-state index in [0.717, 1.165) is 29.0 Å². The molecule has 0 unspecified atom stereocenters. The summed E-state index contributed by atoms with van der Waals surface area (Å²) in [6.07, 6.45) is 2.34. The van der Waals surface area contributed by atoms with Crippen molar-refractivity contribution in [3.63, 3.8) is 0 Å². The molecule has 0 atom stereocenters. The molecule has 0 spiro atoms. The Bertz CT molecular complexity index is 1020. The van der Waals surface area contributed by atoms with E-state index in [-0.39, 0.29) is 24.4 Å². The number of nitrogens with zero attached hydrogens (tertiary/aromatic N) is 2. The van der Waals surface area contributed by atoms with Crippen molar-refractivity contribution >= 4 is 17.6 Å². The summed E-state index contributed by atoms with van der Waals surface area (Å²) in [6, 6.07) is 21.1. The van der Waals surface area contributed by atoms with E-state index in [1.165, 1.54) is 0 Å². The number of para-hydroxylation sites is 1. The number of amides is 3. The normalized spacial score (nSPS) is 10.8. The Morgan fingerprint density at radius 3 is 2.33 bits per heavy atom. The Morgan fingerprint density at radius 2 is 1.67 bits per heavy atom. The minimum atomic E-state index is -0.271. The van der Waals surface area contributed by atoms with Gasteiger partial charge in [-0.05, 0) is 48.6 Å². The van der Waals surface area contributed by atoms with E-state index in [1.807, 2.05) is 75.4 Å². The molecule has 0 saturated heterocycles. The Labute approximate surface area is 196 Å². The lowest BCUT2D eigenvalue weighted by molar-refractivity contribution is -0.132. The first kappa shape index (κ1) is 24.1. The molecule has 0 fully saturated rings. The summed E-state index contributed by atoms with van der Waals surface area (Å²) in [5.41, 5.74) is 2.88. The first-order chi connectivity index (χ1) is 15.9. The van der Waals surface area contributed by atoms with Crippen LogP contribution in [0.5, 0.6) is 0 Å². The summed E-state index contributed by atoms with van der Waals surface area (Å²) in [7, 11) is 0.